The van der Waals surface area contributed by atoms with Crippen LogP contribution in [0.3, 0.4) is 0 Å². The van der Waals surface area contributed by atoms with Gasteiger partial charge in [-0.1, -0.05) is 0 Å². The van der Waals surface area contributed by atoms with E-state index < -0.39 is 0 Å². The molecule has 1 aliphatic rings. The van der Waals surface area contributed by atoms with Gasteiger partial charge in [-0.05, 0) is 39.5 Å². The van der Waals surface area contributed by atoms with Crippen LogP contribution in [0.5, 0.6) is 0 Å². The van der Waals surface area contributed by atoms with Crippen molar-refractivity contribution in [3.8, 4) is 0 Å². The van der Waals surface area contributed by atoms with Gasteiger partial charge in [-0.3, -0.25) is 0 Å². The van der Waals surface area contributed by atoms with Gasteiger partial charge < -0.3 is 10.1 Å². The van der Waals surface area contributed by atoms with Crippen LogP contribution in [0.25, 0.3) is 0 Å². The first-order valence-corrected chi connectivity index (χ1v) is 6.49. The summed E-state index contributed by atoms with van der Waals surface area (Å²) in [6.07, 6.45) is 6.57. The van der Waals surface area contributed by atoms with Gasteiger partial charge in [-0.25, -0.2) is 9.97 Å². The molecule has 0 bridgehead atoms. The van der Waals surface area contributed by atoms with E-state index in [9.17, 15) is 0 Å². The van der Waals surface area contributed by atoms with Crippen molar-refractivity contribution in [1.82, 2.24) is 9.97 Å². The van der Waals surface area contributed by atoms with Gasteiger partial charge in [0.05, 0.1) is 6.10 Å². The molecule has 1 heterocycles. The lowest BCUT2D eigenvalue weighted by molar-refractivity contribution is 0.0854. The second kappa shape index (κ2) is 5.96. The Bertz CT molecular complexity index is 368. The van der Waals surface area contributed by atoms with Crippen molar-refractivity contribution < 1.29 is 4.74 Å². The summed E-state index contributed by atoms with van der Waals surface area (Å²) in [6, 6.07) is 0. The summed E-state index contributed by atoms with van der Waals surface area (Å²) in [7, 11) is 0. The maximum Gasteiger partial charge on any atom is 0.132 e. The molecule has 17 heavy (non-hydrogen) atoms. The van der Waals surface area contributed by atoms with E-state index in [0.717, 1.165) is 31.8 Å². The largest absolute Gasteiger partial charge is 0.377 e. The molecular weight excluding hydrogens is 214 g/mol. The minimum Gasteiger partial charge on any atom is -0.377 e. The molecule has 1 N–H and O–H groups in total. The Balaban J connectivity index is 2.01. The van der Waals surface area contributed by atoms with E-state index in [1.165, 1.54) is 24.1 Å². The SMILES string of the molecule is CCOC(C)CNc1ncnc2c1CCCC2. The Kier molecular flexibility index (Phi) is 4.31. The molecule has 4 nitrogen and oxygen atoms in total. The average molecular weight is 235 g/mol. The lowest BCUT2D eigenvalue weighted by Crippen LogP contribution is -2.22. The van der Waals surface area contributed by atoms with Crippen LogP contribution in [0.4, 0.5) is 5.82 Å². The van der Waals surface area contributed by atoms with Gasteiger partial charge in [0.25, 0.3) is 0 Å². The number of nitrogens with zero attached hydrogens (tertiary/aromatic N) is 2. The lowest BCUT2D eigenvalue weighted by atomic mass is 9.96. The molecule has 0 saturated carbocycles. The molecular formula is C13H21N3O. The van der Waals surface area contributed by atoms with Crippen molar-refractivity contribution in [3.63, 3.8) is 0 Å². The first kappa shape index (κ1) is 12.3. The molecule has 1 aliphatic carbocycles. The highest BCUT2D eigenvalue weighted by atomic mass is 16.5. The van der Waals surface area contributed by atoms with E-state index in [-0.39, 0.29) is 6.10 Å². The van der Waals surface area contributed by atoms with Gasteiger partial charge in [-0.15, -0.1) is 0 Å². The van der Waals surface area contributed by atoms with E-state index in [1.807, 2.05) is 6.92 Å². The monoisotopic (exact) mass is 235 g/mol. The standard InChI is InChI=1S/C13H21N3O/c1-3-17-10(2)8-14-13-11-6-4-5-7-12(11)15-9-16-13/h9-10H,3-8H2,1-2H3,(H,14,15,16). The second-order valence-corrected chi connectivity index (χ2v) is 4.50. The smallest absolute Gasteiger partial charge is 0.132 e. The van der Waals surface area contributed by atoms with E-state index in [4.69, 9.17) is 4.74 Å². The molecule has 0 fully saturated rings. The molecule has 2 rings (SSSR count). The van der Waals surface area contributed by atoms with Gasteiger partial charge in [-0.2, -0.15) is 0 Å². The van der Waals surface area contributed by atoms with Crippen molar-refractivity contribution in [2.45, 2.75) is 45.6 Å². The zero-order valence-corrected chi connectivity index (χ0v) is 10.7. The molecule has 0 spiro atoms. The fourth-order valence-corrected chi connectivity index (χ4v) is 2.26. The molecule has 4 heteroatoms. The minimum absolute atomic E-state index is 0.217. The first-order valence-electron chi connectivity index (χ1n) is 6.49. The maximum atomic E-state index is 5.50. The molecule has 1 aromatic heterocycles. The summed E-state index contributed by atoms with van der Waals surface area (Å²) in [5, 5.41) is 3.38. The number of fused-ring (bicyclic) bond motifs is 1. The fourth-order valence-electron chi connectivity index (χ4n) is 2.26. The van der Waals surface area contributed by atoms with Gasteiger partial charge in [0.15, 0.2) is 0 Å². The molecule has 1 atom stereocenters. The van der Waals surface area contributed by atoms with Gasteiger partial charge in [0.2, 0.25) is 0 Å². The lowest BCUT2D eigenvalue weighted by Gasteiger charge is -2.19. The number of aromatic nitrogens is 2. The summed E-state index contributed by atoms with van der Waals surface area (Å²) < 4.78 is 5.50. The van der Waals surface area contributed by atoms with E-state index in [0.29, 0.717) is 0 Å². The van der Waals surface area contributed by atoms with Crippen LogP contribution in [0.2, 0.25) is 0 Å². The first-order chi connectivity index (χ1) is 8.31. The van der Waals surface area contributed by atoms with Crippen LogP contribution in [0, 0.1) is 0 Å². The third-order valence-corrected chi connectivity index (χ3v) is 3.13. The maximum absolute atomic E-state index is 5.50. The highest BCUT2D eigenvalue weighted by Crippen LogP contribution is 2.24. The predicted molar refractivity (Wildman–Crippen MR) is 68.3 cm³/mol. The Morgan fingerprint density at radius 3 is 3.00 bits per heavy atom. The number of nitrogens with one attached hydrogen (secondary N) is 1. The third kappa shape index (κ3) is 3.16. The molecule has 0 aliphatic heterocycles. The Morgan fingerprint density at radius 2 is 2.18 bits per heavy atom. The zero-order chi connectivity index (χ0) is 12.1. The quantitative estimate of drug-likeness (QED) is 0.850. The third-order valence-electron chi connectivity index (χ3n) is 3.13. The molecule has 0 amide bonds. The molecule has 0 aromatic carbocycles. The summed E-state index contributed by atoms with van der Waals surface area (Å²) in [6.45, 7) is 5.65. The number of ether oxygens (including phenoxy) is 1. The minimum atomic E-state index is 0.217. The van der Waals surface area contributed by atoms with E-state index in [1.54, 1.807) is 6.33 Å². The molecule has 1 aromatic rings. The molecule has 94 valence electrons. The van der Waals surface area contributed by atoms with Crippen LogP contribution in [-0.2, 0) is 17.6 Å². The molecule has 1 unspecified atom stereocenters. The second-order valence-electron chi connectivity index (χ2n) is 4.50. The summed E-state index contributed by atoms with van der Waals surface area (Å²) >= 11 is 0. The van der Waals surface area contributed by atoms with Crippen molar-refractivity contribution in [2.24, 2.45) is 0 Å². The fraction of sp³-hybridized carbons (Fsp3) is 0.692. The van der Waals surface area contributed by atoms with Gasteiger partial charge >= 0.3 is 0 Å². The molecule has 0 radical (unpaired) electrons. The van der Waals surface area contributed by atoms with Crippen LogP contribution in [0.15, 0.2) is 6.33 Å². The summed E-state index contributed by atoms with van der Waals surface area (Å²) in [5.74, 6) is 1.00. The average Bonchev–Trinajstić information content (AvgIpc) is 2.36. The van der Waals surface area contributed by atoms with E-state index >= 15 is 0 Å². The Labute approximate surface area is 103 Å². The summed E-state index contributed by atoms with van der Waals surface area (Å²) in [4.78, 5) is 8.71. The Hall–Kier alpha value is -1.16. The highest BCUT2D eigenvalue weighted by molar-refractivity contribution is 5.46. The van der Waals surface area contributed by atoms with Crippen molar-refractivity contribution in [1.29, 1.82) is 0 Å². The van der Waals surface area contributed by atoms with Crippen molar-refractivity contribution in [2.75, 3.05) is 18.5 Å². The zero-order valence-electron chi connectivity index (χ0n) is 10.7. The van der Waals surface area contributed by atoms with Crippen LogP contribution in [-0.4, -0.2) is 29.2 Å². The van der Waals surface area contributed by atoms with Crippen molar-refractivity contribution in [3.05, 3.63) is 17.6 Å². The topological polar surface area (TPSA) is 47.0 Å². The number of hydrogen-bond donors (Lipinski definition) is 1. The number of rotatable bonds is 5. The number of hydrogen-bond acceptors (Lipinski definition) is 4. The van der Waals surface area contributed by atoms with Crippen molar-refractivity contribution >= 4 is 5.82 Å². The number of anilines is 1. The normalized spacial score (nSPS) is 16.4. The van der Waals surface area contributed by atoms with Crippen LogP contribution in [0.1, 0.15) is 37.9 Å². The van der Waals surface area contributed by atoms with Gasteiger partial charge in [0, 0.05) is 24.4 Å². The number of aryl methyl sites for hydroxylation is 1. The molecule has 0 saturated heterocycles. The van der Waals surface area contributed by atoms with E-state index in [2.05, 4.69) is 22.2 Å². The highest BCUT2D eigenvalue weighted by Gasteiger charge is 2.15. The van der Waals surface area contributed by atoms with Gasteiger partial charge in [0.1, 0.15) is 12.1 Å². The van der Waals surface area contributed by atoms with Crippen LogP contribution >= 0.6 is 0 Å². The predicted octanol–water partition coefficient (Wildman–Crippen LogP) is 2.19. The van der Waals surface area contributed by atoms with Crippen LogP contribution < -0.4 is 5.32 Å². The Morgan fingerprint density at radius 1 is 1.35 bits per heavy atom. The summed E-state index contributed by atoms with van der Waals surface area (Å²) in [5.41, 5.74) is 2.53.